The second-order valence-electron chi connectivity index (χ2n) is 5.27. The van der Waals surface area contributed by atoms with E-state index >= 15 is 0 Å². The average molecular weight is 291 g/mol. The largest absolute Gasteiger partial charge is 0.481 e. The van der Waals surface area contributed by atoms with Crippen LogP contribution in [0.4, 0.5) is 14.9 Å². The van der Waals surface area contributed by atoms with Crippen molar-refractivity contribution < 1.29 is 19.1 Å². The maximum atomic E-state index is 13.2. The standard InChI is InChI=1S/C14H14FN3O3/c1-14(12(19)20)4-5-18(8-14)13(21)17-10-2-3-11(15)9(6-10)7-16/h2-3,6H,4-5,8H2,1H3,(H,17,21)(H,19,20). The van der Waals surface area contributed by atoms with Crippen molar-refractivity contribution in [3.63, 3.8) is 0 Å². The summed E-state index contributed by atoms with van der Waals surface area (Å²) in [5.74, 6) is -1.60. The van der Waals surface area contributed by atoms with Gasteiger partial charge in [0, 0.05) is 18.8 Å². The van der Waals surface area contributed by atoms with Gasteiger partial charge in [-0.05, 0) is 31.5 Å². The van der Waals surface area contributed by atoms with Crippen molar-refractivity contribution in [3.05, 3.63) is 29.6 Å². The van der Waals surface area contributed by atoms with E-state index < -0.39 is 23.2 Å². The topological polar surface area (TPSA) is 93.4 Å². The number of aliphatic carboxylic acids is 1. The summed E-state index contributed by atoms with van der Waals surface area (Å²) in [5.41, 5.74) is -0.815. The van der Waals surface area contributed by atoms with Crippen molar-refractivity contribution in [2.75, 3.05) is 18.4 Å². The number of benzene rings is 1. The Bertz CT molecular complexity index is 641. The van der Waals surface area contributed by atoms with E-state index in [0.29, 0.717) is 18.7 Å². The molecule has 0 aromatic heterocycles. The van der Waals surface area contributed by atoms with Gasteiger partial charge >= 0.3 is 12.0 Å². The normalized spacial score (nSPS) is 20.9. The number of hydrogen-bond acceptors (Lipinski definition) is 3. The summed E-state index contributed by atoms with van der Waals surface area (Å²) in [4.78, 5) is 24.6. The number of urea groups is 1. The van der Waals surface area contributed by atoms with Crippen LogP contribution in [-0.2, 0) is 4.79 Å². The van der Waals surface area contributed by atoms with E-state index in [-0.39, 0.29) is 12.1 Å². The molecule has 0 bridgehead atoms. The van der Waals surface area contributed by atoms with Crippen LogP contribution >= 0.6 is 0 Å². The second-order valence-corrected chi connectivity index (χ2v) is 5.27. The number of carbonyl (C=O) groups is 2. The molecule has 0 radical (unpaired) electrons. The Labute approximate surface area is 120 Å². The van der Waals surface area contributed by atoms with Gasteiger partial charge in [-0.3, -0.25) is 4.79 Å². The van der Waals surface area contributed by atoms with Gasteiger partial charge in [-0.1, -0.05) is 0 Å². The second kappa shape index (κ2) is 5.40. The quantitative estimate of drug-likeness (QED) is 0.871. The molecule has 2 amide bonds. The molecule has 2 N–H and O–H groups in total. The molecule has 6 nitrogen and oxygen atoms in total. The number of carboxylic acid groups (broad SMARTS) is 1. The lowest BCUT2D eigenvalue weighted by Crippen LogP contribution is -2.37. The number of amides is 2. The van der Waals surface area contributed by atoms with Crippen molar-refractivity contribution in [2.45, 2.75) is 13.3 Å². The average Bonchev–Trinajstić information content (AvgIpc) is 2.85. The van der Waals surface area contributed by atoms with Gasteiger partial charge in [0.05, 0.1) is 11.0 Å². The molecular weight excluding hydrogens is 277 g/mol. The zero-order valence-corrected chi connectivity index (χ0v) is 11.4. The zero-order valence-electron chi connectivity index (χ0n) is 11.4. The molecular formula is C14H14FN3O3. The molecule has 110 valence electrons. The summed E-state index contributed by atoms with van der Waals surface area (Å²) < 4.78 is 13.2. The number of nitrogens with zero attached hydrogens (tertiary/aromatic N) is 2. The molecule has 1 aromatic rings. The number of carbonyl (C=O) groups excluding carboxylic acids is 1. The molecule has 21 heavy (non-hydrogen) atoms. The van der Waals surface area contributed by atoms with Gasteiger partial charge in [0.25, 0.3) is 0 Å². The summed E-state index contributed by atoms with van der Waals surface area (Å²) in [5, 5.41) is 20.4. The number of anilines is 1. The summed E-state index contributed by atoms with van der Waals surface area (Å²) in [7, 11) is 0. The van der Waals surface area contributed by atoms with Gasteiger partial charge in [-0.15, -0.1) is 0 Å². The minimum atomic E-state index is -0.946. The first-order valence-electron chi connectivity index (χ1n) is 6.35. The molecule has 1 atom stereocenters. The smallest absolute Gasteiger partial charge is 0.321 e. The van der Waals surface area contributed by atoms with Crippen LogP contribution in [0, 0.1) is 22.6 Å². The highest BCUT2D eigenvalue weighted by molar-refractivity contribution is 5.90. The number of nitriles is 1. The van der Waals surface area contributed by atoms with Crippen LogP contribution in [0.15, 0.2) is 18.2 Å². The monoisotopic (exact) mass is 291 g/mol. The first-order chi connectivity index (χ1) is 9.85. The third-order valence-corrected chi connectivity index (χ3v) is 3.61. The minimum Gasteiger partial charge on any atom is -0.481 e. The van der Waals surface area contributed by atoms with Crippen molar-refractivity contribution in [1.82, 2.24) is 4.90 Å². The maximum Gasteiger partial charge on any atom is 0.321 e. The molecule has 0 aliphatic carbocycles. The van der Waals surface area contributed by atoms with Gasteiger partial charge in [0.2, 0.25) is 0 Å². The lowest BCUT2D eigenvalue weighted by atomic mass is 9.90. The minimum absolute atomic E-state index is 0.112. The number of rotatable bonds is 2. The molecule has 1 unspecified atom stereocenters. The third-order valence-electron chi connectivity index (χ3n) is 3.61. The van der Waals surface area contributed by atoms with E-state index in [2.05, 4.69) is 5.32 Å². The van der Waals surface area contributed by atoms with E-state index in [1.54, 1.807) is 13.0 Å². The molecule has 1 aromatic carbocycles. The zero-order chi connectivity index (χ0) is 15.6. The Hall–Kier alpha value is -2.62. The number of halogens is 1. The Morgan fingerprint density at radius 2 is 2.24 bits per heavy atom. The first-order valence-corrected chi connectivity index (χ1v) is 6.35. The van der Waals surface area contributed by atoms with Gasteiger partial charge in [0.1, 0.15) is 11.9 Å². The summed E-state index contributed by atoms with van der Waals surface area (Å²) in [6, 6.07) is 4.91. The lowest BCUT2D eigenvalue weighted by Gasteiger charge is -2.20. The van der Waals surface area contributed by atoms with Crippen LogP contribution < -0.4 is 5.32 Å². The van der Waals surface area contributed by atoms with Crippen LogP contribution in [0.5, 0.6) is 0 Å². The molecule has 1 fully saturated rings. The SMILES string of the molecule is CC1(C(=O)O)CCN(C(=O)Nc2ccc(F)c(C#N)c2)C1. The van der Waals surface area contributed by atoms with E-state index in [9.17, 15) is 14.0 Å². The Morgan fingerprint density at radius 3 is 2.81 bits per heavy atom. The van der Waals surface area contributed by atoms with Crippen LogP contribution in [0.1, 0.15) is 18.9 Å². The highest BCUT2D eigenvalue weighted by Gasteiger charge is 2.42. The number of hydrogen-bond donors (Lipinski definition) is 2. The Kier molecular flexibility index (Phi) is 3.80. The number of carboxylic acids is 1. The van der Waals surface area contributed by atoms with Crippen LogP contribution in [0.3, 0.4) is 0 Å². The van der Waals surface area contributed by atoms with Crippen LogP contribution in [0.25, 0.3) is 0 Å². The van der Waals surface area contributed by atoms with Crippen molar-refractivity contribution in [2.24, 2.45) is 5.41 Å². The van der Waals surface area contributed by atoms with E-state index in [1.165, 1.54) is 17.0 Å². The summed E-state index contributed by atoms with van der Waals surface area (Å²) in [6.45, 7) is 2.04. The van der Waals surface area contributed by atoms with Crippen molar-refractivity contribution in [1.29, 1.82) is 5.26 Å². The predicted octanol–water partition coefficient (Wildman–Crippen LogP) is 2.03. The fourth-order valence-corrected chi connectivity index (χ4v) is 2.20. The molecule has 1 saturated heterocycles. The summed E-state index contributed by atoms with van der Waals surface area (Å²) >= 11 is 0. The molecule has 1 aliphatic heterocycles. The molecule has 1 aliphatic rings. The highest BCUT2D eigenvalue weighted by atomic mass is 19.1. The van der Waals surface area contributed by atoms with Crippen LogP contribution in [-0.4, -0.2) is 35.1 Å². The summed E-state index contributed by atoms with van der Waals surface area (Å²) in [6.07, 6.45) is 0.378. The Morgan fingerprint density at radius 1 is 1.52 bits per heavy atom. The van der Waals surface area contributed by atoms with E-state index in [4.69, 9.17) is 10.4 Å². The highest BCUT2D eigenvalue weighted by Crippen LogP contribution is 2.30. The molecule has 0 saturated carbocycles. The van der Waals surface area contributed by atoms with Crippen molar-refractivity contribution in [3.8, 4) is 6.07 Å². The number of nitrogens with one attached hydrogen (secondary N) is 1. The maximum absolute atomic E-state index is 13.2. The molecule has 2 rings (SSSR count). The first kappa shape index (κ1) is 14.8. The molecule has 7 heteroatoms. The van der Waals surface area contributed by atoms with Crippen LogP contribution in [0.2, 0.25) is 0 Å². The van der Waals surface area contributed by atoms with E-state index in [0.717, 1.165) is 6.07 Å². The van der Waals surface area contributed by atoms with Gasteiger partial charge in [0.15, 0.2) is 0 Å². The fraction of sp³-hybridized carbons (Fsp3) is 0.357. The van der Waals surface area contributed by atoms with E-state index in [1.807, 2.05) is 0 Å². The lowest BCUT2D eigenvalue weighted by molar-refractivity contribution is -0.146. The van der Waals surface area contributed by atoms with Gasteiger partial charge in [-0.2, -0.15) is 5.26 Å². The number of likely N-dealkylation sites (tertiary alicyclic amines) is 1. The van der Waals surface area contributed by atoms with Gasteiger partial charge in [-0.25, -0.2) is 9.18 Å². The predicted molar refractivity (Wildman–Crippen MR) is 72.1 cm³/mol. The molecule has 0 spiro atoms. The third kappa shape index (κ3) is 2.94. The fourth-order valence-electron chi connectivity index (χ4n) is 2.20. The molecule has 1 heterocycles. The van der Waals surface area contributed by atoms with Gasteiger partial charge < -0.3 is 15.3 Å². The van der Waals surface area contributed by atoms with Crippen molar-refractivity contribution >= 4 is 17.7 Å². The Balaban J connectivity index is 2.07.